The Bertz CT molecular complexity index is 2830. The van der Waals surface area contributed by atoms with E-state index in [2.05, 4.69) is 48.0 Å². The molecule has 5 aromatic heterocycles. The van der Waals surface area contributed by atoms with E-state index in [1.807, 2.05) is 30.5 Å². The molecule has 1 atom stereocenters. The zero-order chi connectivity index (χ0) is 45.3. The number of rotatable bonds is 11. The number of aromatic nitrogens is 10. The molecule has 1 spiro atoms. The average Bonchev–Trinajstić information content (AvgIpc) is 4.12. The number of halogens is 2. The number of piperidine rings is 1. The molecule has 1 unspecified atom stereocenters. The molecule has 2 N–H and O–H groups in total. The van der Waals surface area contributed by atoms with E-state index in [-0.39, 0.29) is 35.4 Å². The molecular formula is C46H56F2N14O4. The summed E-state index contributed by atoms with van der Waals surface area (Å²) in [5.74, 6) is 0.614. The predicted octanol–water partition coefficient (Wildman–Crippen LogP) is 5.45. The summed E-state index contributed by atoms with van der Waals surface area (Å²) in [5, 5.41) is 23.6. The number of ether oxygens (including phenoxy) is 1. The summed E-state index contributed by atoms with van der Waals surface area (Å²) in [6.07, 6.45) is 15.2. The van der Waals surface area contributed by atoms with Crippen molar-refractivity contribution < 1.29 is 23.1 Å². The Balaban J connectivity index is 0.677. The van der Waals surface area contributed by atoms with Gasteiger partial charge in [0.2, 0.25) is 11.8 Å². The van der Waals surface area contributed by atoms with Gasteiger partial charge in [-0.1, -0.05) is 11.3 Å². The van der Waals surface area contributed by atoms with E-state index in [1.54, 1.807) is 39.4 Å². The number of hydrogen-bond acceptors (Lipinski definition) is 12. The fourth-order valence-electron chi connectivity index (χ4n) is 11.7. The second-order valence-electron chi connectivity index (χ2n) is 19.4. The fraction of sp³-hybridized carbons (Fsp3) is 0.565. The molecule has 7 heterocycles. The summed E-state index contributed by atoms with van der Waals surface area (Å²) in [7, 11) is 4.00. The highest BCUT2D eigenvalue weighted by Crippen LogP contribution is 2.53. The summed E-state index contributed by atoms with van der Waals surface area (Å²) in [5.41, 5.74) is 4.09. The number of benzene rings is 1. The van der Waals surface area contributed by atoms with Crippen LogP contribution < -0.4 is 21.2 Å². The molecule has 1 aromatic carbocycles. The van der Waals surface area contributed by atoms with Gasteiger partial charge in [0, 0.05) is 51.4 Å². The van der Waals surface area contributed by atoms with Crippen LogP contribution in [0.4, 0.5) is 20.3 Å². The second-order valence-corrected chi connectivity index (χ2v) is 19.4. The van der Waals surface area contributed by atoms with E-state index >= 15 is 0 Å². The van der Waals surface area contributed by atoms with Crippen LogP contribution in [0.15, 0.2) is 53.8 Å². The Morgan fingerprint density at radius 2 is 1.79 bits per heavy atom. The van der Waals surface area contributed by atoms with Crippen LogP contribution in [-0.4, -0.2) is 117 Å². The lowest BCUT2D eigenvalue weighted by Gasteiger charge is -2.53. The van der Waals surface area contributed by atoms with Crippen molar-refractivity contribution in [2.24, 2.45) is 18.4 Å². The molecule has 0 bridgehead atoms. The van der Waals surface area contributed by atoms with Gasteiger partial charge in [-0.25, -0.2) is 27.8 Å². The Morgan fingerprint density at radius 1 is 1.00 bits per heavy atom. The number of carbonyl (C=O) groups excluding carboxylic acids is 2. The highest BCUT2D eigenvalue weighted by molar-refractivity contribution is 6.00. The lowest BCUT2D eigenvalue weighted by molar-refractivity contribution is -0.135. The van der Waals surface area contributed by atoms with Crippen molar-refractivity contribution in [1.82, 2.24) is 58.7 Å². The van der Waals surface area contributed by atoms with Gasteiger partial charge in [0.05, 0.1) is 60.1 Å². The molecule has 20 heteroatoms. The van der Waals surface area contributed by atoms with Gasteiger partial charge < -0.3 is 19.9 Å². The number of carbonyl (C=O) groups is 2. The van der Waals surface area contributed by atoms with Crippen molar-refractivity contribution in [2.45, 2.75) is 108 Å². The van der Waals surface area contributed by atoms with Crippen molar-refractivity contribution in [3.8, 4) is 16.9 Å². The number of morpholine rings is 1. The molecule has 0 radical (unpaired) electrons. The Labute approximate surface area is 379 Å². The highest BCUT2D eigenvalue weighted by Gasteiger charge is 2.47. The molecule has 2 saturated heterocycles. The quantitative estimate of drug-likeness (QED) is 0.158. The summed E-state index contributed by atoms with van der Waals surface area (Å²) < 4.78 is 42.5. The van der Waals surface area contributed by atoms with Gasteiger partial charge in [0.25, 0.3) is 6.43 Å². The average molecular weight is 907 g/mol. The van der Waals surface area contributed by atoms with Crippen LogP contribution in [0.5, 0.6) is 0 Å². The Kier molecular flexibility index (Phi) is 11.0. The van der Waals surface area contributed by atoms with E-state index in [1.165, 1.54) is 22.1 Å². The molecule has 66 heavy (non-hydrogen) atoms. The van der Waals surface area contributed by atoms with Crippen LogP contribution in [-0.2, 0) is 21.4 Å². The maximum absolute atomic E-state index is 14.5. The van der Waals surface area contributed by atoms with Gasteiger partial charge >= 0.3 is 5.69 Å². The largest absolute Gasteiger partial charge is 0.381 e. The highest BCUT2D eigenvalue weighted by atomic mass is 19.3. The molecule has 3 aliphatic carbocycles. The summed E-state index contributed by atoms with van der Waals surface area (Å²) in [6, 6.07) is 7.88. The van der Waals surface area contributed by atoms with Crippen molar-refractivity contribution in [3.63, 3.8) is 0 Å². The number of imide groups is 1. The van der Waals surface area contributed by atoms with Crippen molar-refractivity contribution >= 4 is 40.0 Å². The first kappa shape index (κ1) is 42.6. The van der Waals surface area contributed by atoms with E-state index in [0.717, 1.165) is 88.0 Å². The van der Waals surface area contributed by atoms with Gasteiger partial charge in [-0.2, -0.15) is 10.2 Å². The lowest BCUT2D eigenvalue weighted by Crippen LogP contribution is -2.50. The smallest absolute Gasteiger partial charge is 0.329 e. The zero-order valence-corrected chi connectivity index (χ0v) is 37.4. The first-order valence-electron chi connectivity index (χ1n) is 23.5. The number of hydrogen-bond donors (Lipinski definition) is 2. The van der Waals surface area contributed by atoms with E-state index in [4.69, 9.17) is 9.72 Å². The number of para-hydroxylation sites is 1. The first-order valence-corrected chi connectivity index (χ1v) is 23.5. The summed E-state index contributed by atoms with van der Waals surface area (Å²) in [6.45, 7) is 3.79. The van der Waals surface area contributed by atoms with Gasteiger partial charge in [0.15, 0.2) is 11.3 Å². The molecule has 6 aromatic rings. The van der Waals surface area contributed by atoms with Gasteiger partial charge in [-0.05, 0) is 107 Å². The molecule has 5 aliphatic rings. The van der Waals surface area contributed by atoms with E-state index in [0.29, 0.717) is 65.5 Å². The topological polar surface area (TPSA) is 180 Å². The normalized spacial score (nSPS) is 26.2. The standard InChI is InChI=1S/C46H56F2N14O4/c1-56(30-12-15-46(16-13-30)22-29(23-46)50-33-4-3-5-35-41(33)57(2)45(65)62(35)36-10-11-39(63)52-44(36)64)25-28-6-8-31(9-7-28)60-27-37(40(54-60)42(47)48)61-26-34(53-55-61)32-24-49-59-17-14-38(51-43(32)59)58-18-20-66-21-19-58/h3-5,14,17,24,26-31,36,42,50H,6-13,15-16,18-23,25H2,1-2H3,(H,52,63,64). The van der Waals surface area contributed by atoms with Gasteiger partial charge in [-0.3, -0.25) is 28.7 Å². The van der Waals surface area contributed by atoms with E-state index in [9.17, 15) is 23.2 Å². The van der Waals surface area contributed by atoms with Crippen LogP contribution in [0.2, 0.25) is 0 Å². The van der Waals surface area contributed by atoms with Crippen LogP contribution >= 0.6 is 0 Å². The molecule has 11 rings (SSSR count). The zero-order valence-electron chi connectivity index (χ0n) is 37.4. The molecule has 18 nitrogen and oxygen atoms in total. The minimum Gasteiger partial charge on any atom is -0.381 e. The second kappa shape index (κ2) is 17.0. The number of alkyl halides is 2. The van der Waals surface area contributed by atoms with Crippen LogP contribution in [0.1, 0.15) is 101 Å². The summed E-state index contributed by atoms with van der Waals surface area (Å²) in [4.78, 5) is 47.5. The monoisotopic (exact) mass is 906 g/mol. The Morgan fingerprint density at radius 3 is 2.55 bits per heavy atom. The first-order chi connectivity index (χ1) is 32.0. The van der Waals surface area contributed by atoms with Gasteiger partial charge in [-0.15, -0.1) is 5.10 Å². The number of aryl methyl sites for hydroxylation is 1. The molecule has 348 valence electrons. The fourth-order valence-corrected chi connectivity index (χ4v) is 11.7. The van der Waals surface area contributed by atoms with E-state index < -0.39 is 18.4 Å². The SMILES string of the molecule is CN(CC1CCC(n2cc(-n3cc(-c4cnn5ccc(N6CCOCC6)nc45)nn3)c(C(F)F)n2)CC1)C1CCC2(CC1)CC(Nc1cccc3c1n(C)c(=O)n3C1CCC(=O)NC1=O)C2. The van der Waals surface area contributed by atoms with Crippen molar-refractivity contribution in [2.75, 3.05) is 50.1 Å². The third-order valence-electron chi connectivity index (χ3n) is 15.4. The lowest BCUT2D eigenvalue weighted by atomic mass is 9.57. The summed E-state index contributed by atoms with van der Waals surface area (Å²) >= 11 is 0. The number of amides is 2. The maximum atomic E-state index is 14.5. The number of fused-ring (bicyclic) bond motifs is 2. The molecule has 2 aliphatic heterocycles. The minimum absolute atomic E-state index is 0.0278. The third-order valence-corrected chi connectivity index (χ3v) is 15.4. The number of anilines is 2. The number of nitrogens with zero attached hydrogens (tertiary/aromatic N) is 12. The predicted molar refractivity (Wildman–Crippen MR) is 241 cm³/mol. The Hall–Kier alpha value is -6.02. The molecule has 5 fully saturated rings. The minimum atomic E-state index is -2.77. The number of imidazole rings is 1. The van der Waals surface area contributed by atoms with Crippen LogP contribution in [0.3, 0.4) is 0 Å². The van der Waals surface area contributed by atoms with Crippen molar-refractivity contribution in [1.29, 1.82) is 0 Å². The molecule has 2 amide bonds. The molecular weight excluding hydrogens is 851 g/mol. The van der Waals surface area contributed by atoms with Crippen molar-refractivity contribution in [3.05, 3.63) is 65.2 Å². The number of nitrogens with one attached hydrogen (secondary N) is 2. The van der Waals surface area contributed by atoms with Crippen LogP contribution in [0.25, 0.3) is 33.6 Å². The third kappa shape index (κ3) is 7.74. The van der Waals surface area contributed by atoms with Gasteiger partial charge in [0.1, 0.15) is 23.2 Å². The maximum Gasteiger partial charge on any atom is 0.329 e. The van der Waals surface area contributed by atoms with Crippen LogP contribution in [0, 0.1) is 11.3 Å². The molecule has 3 saturated carbocycles.